The second-order valence-corrected chi connectivity index (χ2v) is 8.82. The molecule has 2 amide bonds. The highest BCUT2D eigenvalue weighted by atomic mass is 16.5. The van der Waals surface area contributed by atoms with E-state index >= 15 is 0 Å². The Morgan fingerprint density at radius 3 is 2.39 bits per heavy atom. The molecule has 0 spiro atoms. The third-order valence-electron chi connectivity index (χ3n) is 5.36. The molecule has 0 bridgehead atoms. The van der Waals surface area contributed by atoms with E-state index in [0.717, 1.165) is 24.0 Å². The standard InChI is InChI=1S/C26H33N7O3/c1-4-5-13-36-25-21(23(28)35)24(32-26(33-25)31-20(22(27)34)14-16(2)3)30-19-10-8-17(9-11-19)18-7-6-12-29-15-18/h6-12,15-16,20H,4-5,13-14H2,1-3H3,(H2,27,34)(H2,28,35)(H2,30,31,32,33)/t20-/m1/s1. The molecule has 0 aliphatic heterocycles. The summed E-state index contributed by atoms with van der Waals surface area (Å²) in [5.74, 6) is -0.762. The average Bonchev–Trinajstić information content (AvgIpc) is 2.84. The molecule has 0 fully saturated rings. The molecule has 6 N–H and O–H groups in total. The maximum Gasteiger partial charge on any atom is 0.258 e. The van der Waals surface area contributed by atoms with Crippen molar-refractivity contribution < 1.29 is 14.3 Å². The topological polar surface area (TPSA) is 158 Å². The summed E-state index contributed by atoms with van der Waals surface area (Å²) in [7, 11) is 0. The predicted octanol–water partition coefficient (Wildman–Crippen LogP) is 3.87. The quantitative estimate of drug-likeness (QED) is 0.262. The zero-order valence-electron chi connectivity index (χ0n) is 20.8. The molecule has 2 aromatic heterocycles. The number of nitrogens with zero attached hydrogens (tertiary/aromatic N) is 3. The largest absolute Gasteiger partial charge is 0.477 e. The van der Waals surface area contributed by atoms with Gasteiger partial charge in [-0.15, -0.1) is 0 Å². The molecule has 3 rings (SSSR count). The van der Waals surface area contributed by atoms with E-state index in [4.69, 9.17) is 16.2 Å². The molecule has 36 heavy (non-hydrogen) atoms. The number of nitrogens with one attached hydrogen (secondary N) is 2. The number of carbonyl (C=O) groups excluding carboxylic acids is 2. The minimum absolute atomic E-state index is 0.0208. The number of hydrogen-bond donors (Lipinski definition) is 4. The van der Waals surface area contributed by atoms with Gasteiger partial charge in [-0.1, -0.05) is 45.4 Å². The third-order valence-corrected chi connectivity index (χ3v) is 5.36. The van der Waals surface area contributed by atoms with Crippen LogP contribution in [0.1, 0.15) is 50.4 Å². The van der Waals surface area contributed by atoms with Crippen molar-refractivity contribution in [3.63, 3.8) is 0 Å². The molecule has 2 heterocycles. The molecule has 1 aromatic carbocycles. The van der Waals surface area contributed by atoms with E-state index in [1.807, 2.05) is 57.2 Å². The van der Waals surface area contributed by atoms with Gasteiger partial charge in [-0.2, -0.15) is 9.97 Å². The van der Waals surface area contributed by atoms with Gasteiger partial charge in [0.05, 0.1) is 6.61 Å². The minimum atomic E-state index is -0.740. The van der Waals surface area contributed by atoms with Gasteiger partial charge >= 0.3 is 0 Å². The first-order valence-electron chi connectivity index (χ1n) is 12.0. The van der Waals surface area contributed by atoms with E-state index in [9.17, 15) is 9.59 Å². The minimum Gasteiger partial charge on any atom is -0.477 e. The number of rotatable bonds is 13. The van der Waals surface area contributed by atoms with E-state index in [2.05, 4.69) is 25.6 Å². The Morgan fingerprint density at radius 1 is 1.06 bits per heavy atom. The fourth-order valence-electron chi connectivity index (χ4n) is 3.52. The van der Waals surface area contributed by atoms with Gasteiger partial charge in [-0.25, -0.2) is 0 Å². The molecule has 3 aromatic rings. The van der Waals surface area contributed by atoms with Crippen LogP contribution in [0.5, 0.6) is 5.88 Å². The van der Waals surface area contributed by atoms with E-state index < -0.39 is 17.9 Å². The van der Waals surface area contributed by atoms with Crippen molar-refractivity contribution in [2.24, 2.45) is 17.4 Å². The summed E-state index contributed by atoms with van der Waals surface area (Å²) in [6, 6.07) is 10.7. The Bertz CT molecular complexity index is 1170. The van der Waals surface area contributed by atoms with Gasteiger partial charge in [-0.05, 0) is 48.1 Å². The summed E-state index contributed by atoms with van der Waals surface area (Å²) >= 11 is 0. The number of nitrogens with two attached hydrogens (primary N) is 2. The SMILES string of the molecule is CCCCOc1nc(N[C@H](CC(C)C)C(N)=O)nc(Nc2ccc(-c3cccnc3)cc2)c1C(N)=O. The van der Waals surface area contributed by atoms with E-state index in [-0.39, 0.29) is 29.1 Å². The molecule has 0 saturated heterocycles. The number of benzene rings is 1. The van der Waals surface area contributed by atoms with Gasteiger partial charge in [0.25, 0.3) is 5.91 Å². The highest BCUT2D eigenvalue weighted by Crippen LogP contribution is 2.29. The van der Waals surface area contributed by atoms with Crippen LogP contribution in [0.4, 0.5) is 17.5 Å². The van der Waals surface area contributed by atoms with Crippen LogP contribution in [0.3, 0.4) is 0 Å². The Morgan fingerprint density at radius 2 is 1.81 bits per heavy atom. The average molecular weight is 492 g/mol. The first-order chi connectivity index (χ1) is 17.3. The molecular formula is C26H33N7O3. The van der Waals surface area contributed by atoms with Crippen molar-refractivity contribution in [2.75, 3.05) is 17.2 Å². The van der Waals surface area contributed by atoms with Crippen molar-refractivity contribution in [3.8, 4) is 17.0 Å². The van der Waals surface area contributed by atoms with E-state index in [1.54, 1.807) is 12.4 Å². The monoisotopic (exact) mass is 491 g/mol. The fraction of sp³-hybridized carbons (Fsp3) is 0.346. The van der Waals surface area contributed by atoms with Crippen molar-refractivity contribution in [1.82, 2.24) is 15.0 Å². The van der Waals surface area contributed by atoms with Crippen molar-refractivity contribution in [2.45, 2.75) is 46.1 Å². The number of pyridine rings is 1. The van der Waals surface area contributed by atoms with Crippen LogP contribution in [0, 0.1) is 5.92 Å². The lowest BCUT2D eigenvalue weighted by molar-refractivity contribution is -0.119. The van der Waals surface area contributed by atoms with Gasteiger partial charge in [0.15, 0.2) is 5.82 Å². The predicted molar refractivity (Wildman–Crippen MR) is 140 cm³/mol. The van der Waals surface area contributed by atoms with E-state index in [0.29, 0.717) is 18.7 Å². The zero-order valence-corrected chi connectivity index (χ0v) is 20.8. The summed E-state index contributed by atoms with van der Waals surface area (Å²) in [6.07, 6.45) is 5.65. The first-order valence-corrected chi connectivity index (χ1v) is 12.0. The van der Waals surface area contributed by atoms with Gasteiger partial charge in [0.2, 0.25) is 17.7 Å². The highest BCUT2D eigenvalue weighted by molar-refractivity contribution is 6.00. The summed E-state index contributed by atoms with van der Waals surface area (Å²) in [6.45, 7) is 6.33. The summed E-state index contributed by atoms with van der Waals surface area (Å²) in [5.41, 5.74) is 13.9. The molecule has 0 aliphatic carbocycles. The van der Waals surface area contributed by atoms with Gasteiger partial charge in [0.1, 0.15) is 11.6 Å². The number of unbranched alkanes of at least 4 members (excludes halogenated alkanes) is 1. The third kappa shape index (κ3) is 7.14. The molecular weight excluding hydrogens is 458 g/mol. The van der Waals surface area contributed by atoms with Crippen molar-refractivity contribution in [1.29, 1.82) is 0 Å². The lowest BCUT2D eigenvalue weighted by atomic mass is 10.0. The molecule has 0 saturated carbocycles. The van der Waals surface area contributed by atoms with Gasteiger partial charge in [0, 0.05) is 18.1 Å². The van der Waals surface area contributed by atoms with Gasteiger partial charge < -0.3 is 26.8 Å². The number of carbonyl (C=O) groups is 2. The Labute approximate surface area is 210 Å². The molecule has 10 heteroatoms. The Kier molecular flexibility index (Phi) is 9.15. The van der Waals surface area contributed by atoms with Crippen LogP contribution in [-0.4, -0.2) is 39.4 Å². The van der Waals surface area contributed by atoms with Crippen LogP contribution in [0.2, 0.25) is 0 Å². The Hall–Kier alpha value is -4.21. The number of anilines is 3. The maximum absolute atomic E-state index is 12.4. The number of aromatic nitrogens is 3. The van der Waals surface area contributed by atoms with Crippen LogP contribution in [0.25, 0.3) is 11.1 Å². The normalized spacial score (nSPS) is 11.7. The second-order valence-electron chi connectivity index (χ2n) is 8.82. The summed E-state index contributed by atoms with van der Waals surface area (Å²) in [5, 5.41) is 6.13. The molecule has 1 atom stereocenters. The van der Waals surface area contributed by atoms with Crippen LogP contribution in [0.15, 0.2) is 48.8 Å². The van der Waals surface area contributed by atoms with Crippen molar-refractivity contribution >= 4 is 29.3 Å². The number of hydrogen-bond acceptors (Lipinski definition) is 8. The fourth-order valence-corrected chi connectivity index (χ4v) is 3.52. The first kappa shape index (κ1) is 26.4. The number of ether oxygens (including phenoxy) is 1. The number of primary amides is 2. The number of amides is 2. The molecule has 0 radical (unpaired) electrons. The van der Waals surface area contributed by atoms with Gasteiger partial charge in [-0.3, -0.25) is 14.6 Å². The maximum atomic E-state index is 12.4. The second kappa shape index (κ2) is 12.5. The van der Waals surface area contributed by atoms with Crippen LogP contribution in [-0.2, 0) is 4.79 Å². The molecule has 190 valence electrons. The zero-order chi connectivity index (χ0) is 26.1. The Balaban J connectivity index is 1.97. The summed E-state index contributed by atoms with van der Waals surface area (Å²) in [4.78, 5) is 37.4. The molecule has 0 aliphatic rings. The van der Waals surface area contributed by atoms with E-state index in [1.165, 1.54) is 0 Å². The van der Waals surface area contributed by atoms with Crippen LogP contribution >= 0.6 is 0 Å². The molecule has 0 unspecified atom stereocenters. The van der Waals surface area contributed by atoms with Crippen LogP contribution < -0.4 is 26.8 Å². The molecule has 10 nitrogen and oxygen atoms in total. The van der Waals surface area contributed by atoms with Crippen molar-refractivity contribution in [3.05, 3.63) is 54.4 Å². The summed E-state index contributed by atoms with van der Waals surface area (Å²) < 4.78 is 5.80. The lowest BCUT2D eigenvalue weighted by Crippen LogP contribution is -2.37. The lowest BCUT2D eigenvalue weighted by Gasteiger charge is -2.20. The smallest absolute Gasteiger partial charge is 0.258 e. The highest BCUT2D eigenvalue weighted by Gasteiger charge is 2.24.